The zero-order valence-corrected chi connectivity index (χ0v) is 17.0. The smallest absolute Gasteiger partial charge is 0.336 e. The minimum absolute atomic E-state index is 0.291. The molecule has 1 N–H and O–H groups in total. The number of fused-ring (bicyclic) bond motifs is 2. The summed E-state index contributed by atoms with van der Waals surface area (Å²) in [7, 11) is 0. The molecule has 1 unspecified atom stereocenters. The first kappa shape index (κ1) is 19.9. The van der Waals surface area contributed by atoms with E-state index < -0.39 is 11.7 Å². The van der Waals surface area contributed by atoms with Crippen LogP contribution >= 0.6 is 0 Å². The Morgan fingerprint density at radius 1 is 1.03 bits per heavy atom. The van der Waals surface area contributed by atoms with Gasteiger partial charge in [0, 0.05) is 18.0 Å². The molecule has 0 aliphatic heterocycles. The number of esters is 1. The minimum atomic E-state index is -0.663. The van der Waals surface area contributed by atoms with Crippen molar-refractivity contribution < 1.29 is 13.9 Å². The number of nitrogens with one attached hydrogen (secondary N) is 1. The van der Waals surface area contributed by atoms with E-state index in [0.717, 1.165) is 32.8 Å². The Bertz CT molecular complexity index is 1270. The molecule has 4 aromatic rings. The van der Waals surface area contributed by atoms with Crippen molar-refractivity contribution in [1.29, 1.82) is 0 Å². The Morgan fingerprint density at radius 2 is 1.83 bits per heavy atom. The molecule has 1 heterocycles. The molecule has 5 heteroatoms. The molecule has 0 fully saturated rings. The maximum Gasteiger partial charge on any atom is 0.336 e. The van der Waals surface area contributed by atoms with Crippen LogP contribution in [0.1, 0.15) is 29.7 Å². The SMILES string of the molecule is CCOC(=O)C(NCc1cc(=O)oc2cc(C)ccc12)c1cccc2ccccc12. The van der Waals surface area contributed by atoms with Gasteiger partial charge < -0.3 is 9.15 Å². The summed E-state index contributed by atoms with van der Waals surface area (Å²) in [5.74, 6) is -0.350. The van der Waals surface area contributed by atoms with Crippen molar-refractivity contribution in [3.63, 3.8) is 0 Å². The van der Waals surface area contributed by atoms with Gasteiger partial charge in [0.15, 0.2) is 0 Å². The highest BCUT2D eigenvalue weighted by molar-refractivity contribution is 5.91. The number of aryl methyl sites for hydroxylation is 1. The van der Waals surface area contributed by atoms with Gasteiger partial charge in [0.25, 0.3) is 0 Å². The Morgan fingerprint density at radius 3 is 2.67 bits per heavy atom. The van der Waals surface area contributed by atoms with Gasteiger partial charge in [0.2, 0.25) is 0 Å². The highest BCUT2D eigenvalue weighted by atomic mass is 16.5. The molecule has 152 valence electrons. The predicted molar refractivity (Wildman–Crippen MR) is 117 cm³/mol. The van der Waals surface area contributed by atoms with Gasteiger partial charge in [-0.2, -0.15) is 0 Å². The lowest BCUT2D eigenvalue weighted by Gasteiger charge is -2.20. The van der Waals surface area contributed by atoms with Gasteiger partial charge in [-0.15, -0.1) is 0 Å². The quantitative estimate of drug-likeness (QED) is 0.376. The van der Waals surface area contributed by atoms with Crippen LogP contribution in [0.3, 0.4) is 0 Å². The summed E-state index contributed by atoms with van der Waals surface area (Å²) in [5, 5.41) is 6.18. The molecule has 1 atom stereocenters. The standard InChI is InChI=1S/C25H23NO4/c1-3-29-25(28)24(21-10-6-8-17-7-4-5-9-19(17)21)26-15-18-14-23(27)30-22-13-16(2)11-12-20(18)22/h4-14,24,26H,3,15H2,1-2H3. The fourth-order valence-electron chi connectivity index (χ4n) is 3.74. The van der Waals surface area contributed by atoms with Crippen molar-refractivity contribution in [2.24, 2.45) is 0 Å². The van der Waals surface area contributed by atoms with Gasteiger partial charge in [-0.1, -0.05) is 54.6 Å². The molecular weight excluding hydrogens is 378 g/mol. The number of hydrogen-bond acceptors (Lipinski definition) is 5. The molecule has 4 rings (SSSR count). The molecule has 0 bridgehead atoms. The van der Waals surface area contributed by atoms with Crippen molar-refractivity contribution in [1.82, 2.24) is 5.32 Å². The summed E-state index contributed by atoms with van der Waals surface area (Å²) < 4.78 is 10.7. The summed E-state index contributed by atoms with van der Waals surface area (Å²) in [6.45, 7) is 4.34. The first-order valence-electron chi connectivity index (χ1n) is 9.98. The molecule has 0 spiro atoms. The van der Waals surface area contributed by atoms with Gasteiger partial charge in [-0.05, 0) is 47.4 Å². The topological polar surface area (TPSA) is 68.5 Å². The summed E-state index contributed by atoms with van der Waals surface area (Å²) in [4.78, 5) is 24.9. The third-order valence-corrected chi connectivity index (χ3v) is 5.14. The zero-order chi connectivity index (χ0) is 21.1. The summed E-state index contributed by atoms with van der Waals surface area (Å²) >= 11 is 0. The highest BCUT2D eigenvalue weighted by Gasteiger charge is 2.23. The molecule has 0 amide bonds. The van der Waals surface area contributed by atoms with Crippen LogP contribution in [0.15, 0.2) is 75.9 Å². The second kappa shape index (κ2) is 8.51. The van der Waals surface area contributed by atoms with E-state index >= 15 is 0 Å². The first-order valence-corrected chi connectivity index (χ1v) is 9.98. The molecule has 5 nitrogen and oxygen atoms in total. The van der Waals surface area contributed by atoms with Crippen LogP contribution in [0.4, 0.5) is 0 Å². The number of benzene rings is 3. The monoisotopic (exact) mass is 401 g/mol. The molecular formula is C25H23NO4. The van der Waals surface area contributed by atoms with E-state index in [1.807, 2.05) is 67.6 Å². The molecule has 1 aromatic heterocycles. The number of ether oxygens (including phenoxy) is 1. The van der Waals surface area contributed by atoms with Crippen molar-refractivity contribution in [2.45, 2.75) is 26.4 Å². The van der Waals surface area contributed by atoms with E-state index in [4.69, 9.17) is 9.15 Å². The number of hydrogen-bond donors (Lipinski definition) is 1. The molecule has 0 saturated heterocycles. The van der Waals surface area contributed by atoms with Crippen LogP contribution < -0.4 is 10.9 Å². The van der Waals surface area contributed by atoms with E-state index in [1.165, 1.54) is 6.07 Å². The third-order valence-electron chi connectivity index (χ3n) is 5.14. The highest BCUT2D eigenvalue weighted by Crippen LogP contribution is 2.26. The largest absolute Gasteiger partial charge is 0.465 e. The van der Waals surface area contributed by atoms with E-state index in [9.17, 15) is 9.59 Å². The lowest BCUT2D eigenvalue weighted by molar-refractivity contribution is -0.145. The van der Waals surface area contributed by atoms with Crippen LogP contribution in [-0.2, 0) is 16.1 Å². The lowest BCUT2D eigenvalue weighted by Crippen LogP contribution is -2.30. The second-order valence-electron chi connectivity index (χ2n) is 7.22. The Kier molecular flexibility index (Phi) is 5.63. The molecule has 3 aromatic carbocycles. The fraction of sp³-hybridized carbons (Fsp3) is 0.200. The van der Waals surface area contributed by atoms with Crippen LogP contribution in [0.2, 0.25) is 0 Å². The van der Waals surface area contributed by atoms with Crippen LogP contribution in [-0.4, -0.2) is 12.6 Å². The fourth-order valence-corrected chi connectivity index (χ4v) is 3.74. The lowest BCUT2D eigenvalue weighted by atomic mass is 9.98. The van der Waals surface area contributed by atoms with Crippen LogP contribution in [0, 0.1) is 6.92 Å². The summed E-state index contributed by atoms with van der Waals surface area (Å²) in [5.41, 5.74) is 2.75. The molecule has 0 saturated carbocycles. The average Bonchev–Trinajstić information content (AvgIpc) is 2.73. The average molecular weight is 401 g/mol. The number of carbonyl (C=O) groups is 1. The van der Waals surface area contributed by atoms with Crippen molar-refractivity contribution >= 4 is 27.7 Å². The molecule has 30 heavy (non-hydrogen) atoms. The second-order valence-corrected chi connectivity index (χ2v) is 7.22. The van der Waals surface area contributed by atoms with Gasteiger partial charge in [0.05, 0.1) is 6.61 Å². The van der Waals surface area contributed by atoms with Crippen molar-refractivity contribution in [2.75, 3.05) is 6.61 Å². The molecule has 0 aliphatic carbocycles. The Balaban J connectivity index is 1.73. The van der Waals surface area contributed by atoms with Crippen LogP contribution in [0.5, 0.6) is 0 Å². The van der Waals surface area contributed by atoms with Crippen LogP contribution in [0.25, 0.3) is 21.7 Å². The van der Waals surface area contributed by atoms with Gasteiger partial charge in [0.1, 0.15) is 11.6 Å². The van der Waals surface area contributed by atoms with E-state index in [1.54, 1.807) is 6.92 Å². The summed E-state index contributed by atoms with van der Waals surface area (Å²) in [6.07, 6.45) is 0. The van der Waals surface area contributed by atoms with Crippen molar-refractivity contribution in [3.8, 4) is 0 Å². The van der Waals surface area contributed by atoms with E-state index in [0.29, 0.717) is 18.7 Å². The zero-order valence-electron chi connectivity index (χ0n) is 17.0. The van der Waals surface area contributed by atoms with E-state index in [-0.39, 0.29) is 5.97 Å². The normalized spacial score (nSPS) is 12.2. The Labute approximate surface area is 174 Å². The molecule has 0 radical (unpaired) electrons. The first-order chi connectivity index (χ1) is 14.6. The maximum absolute atomic E-state index is 12.8. The third kappa shape index (κ3) is 3.98. The summed E-state index contributed by atoms with van der Waals surface area (Å²) in [6, 6.07) is 20.3. The van der Waals surface area contributed by atoms with Crippen molar-refractivity contribution in [3.05, 3.63) is 93.8 Å². The number of carbonyl (C=O) groups excluding carboxylic acids is 1. The van der Waals surface area contributed by atoms with E-state index in [2.05, 4.69) is 5.32 Å². The molecule has 0 aliphatic rings. The maximum atomic E-state index is 12.8. The Hall–Kier alpha value is -3.44. The number of rotatable bonds is 6. The van der Waals surface area contributed by atoms with Gasteiger partial charge >= 0.3 is 11.6 Å². The minimum Gasteiger partial charge on any atom is -0.465 e. The van der Waals surface area contributed by atoms with Gasteiger partial charge in [-0.25, -0.2) is 9.59 Å². The predicted octanol–water partition coefficient (Wildman–Crippen LogP) is 4.65. The van der Waals surface area contributed by atoms with Gasteiger partial charge in [-0.3, -0.25) is 5.32 Å².